The Bertz CT molecular complexity index is 1610. The monoisotopic (exact) mass is 587 g/mol. The number of fused-ring (bicyclic) bond motifs is 3. The highest BCUT2D eigenvalue weighted by atomic mass is 32.2. The van der Waals surface area contributed by atoms with Crippen molar-refractivity contribution in [2.45, 2.75) is 31.4 Å². The fourth-order valence-corrected chi connectivity index (χ4v) is 6.53. The molecule has 1 fully saturated rings. The number of hydrogen-bond donors (Lipinski definition) is 5. The average Bonchev–Trinajstić information content (AvgIpc) is 2.83. The Balaban J connectivity index is 1.94. The molecule has 12 nitrogen and oxygen atoms in total. The normalized spacial score (nSPS) is 25.8. The Hall–Kier alpha value is -3.70. The predicted molar refractivity (Wildman–Crippen MR) is 150 cm³/mol. The fraction of sp³-hybridized carbons (Fsp3) is 0.464. The van der Waals surface area contributed by atoms with E-state index in [9.17, 15) is 43.2 Å². The van der Waals surface area contributed by atoms with Crippen LogP contribution in [0, 0.1) is 23.7 Å². The van der Waals surface area contributed by atoms with Crippen LogP contribution < -0.4 is 9.62 Å². The Morgan fingerprint density at radius 1 is 1.17 bits per heavy atom. The molecule has 1 saturated carbocycles. The molecule has 13 heteroatoms. The van der Waals surface area contributed by atoms with E-state index in [2.05, 4.69) is 16.6 Å². The maximum Gasteiger partial charge on any atom is 0.209 e. The number of anilines is 1. The molecule has 220 valence electrons. The van der Waals surface area contributed by atoms with E-state index in [0.29, 0.717) is 11.3 Å². The minimum absolute atomic E-state index is 0.0112. The van der Waals surface area contributed by atoms with Gasteiger partial charge in [-0.2, -0.15) is 0 Å². The molecular weight excluding hydrogens is 554 g/mol. The number of phenols is 1. The molecule has 4 unspecified atom stereocenters. The number of carbonyl (C=O) groups excluding carboxylic acids is 3. The highest BCUT2D eigenvalue weighted by Crippen LogP contribution is 2.54. The number of carbonyl (C=O) groups is 3. The zero-order valence-corrected chi connectivity index (χ0v) is 24.4. The molecule has 0 aliphatic heterocycles. The van der Waals surface area contributed by atoms with Crippen molar-refractivity contribution < 1.29 is 43.2 Å². The number of phenolic OH excluding ortho intramolecular Hbond substituents is 1. The lowest BCUT2D eigenvalue weighted by Gasteiger charge is -2.50. The molecule has 0 heterocycles. The van der Waals surface area contributed by atoms with Gasteiger partial charge in [-0.05, 0) is 51.4 Å². The lowest BCUT2D eigenvalue weighted by molar-refractivity contribution is -0.153. The molecule has 0 aromatic heterocycles. The largest absolute Gasteiger partial charge is 0.508 e. The molecule has 0 amide bonds. The van der Waals surface area contributed by atoms with Gasteiger partial charge in [0.2, 0.25) is 15.8 Å². The Labute approximate surface area is 238 Å². The Morgan fingerprint density at radius 3 is 2.34 bits per heavy atom. The van der Waals surface area contributed by atoms with E-state index >= 15 is 0 Å². The molecule has 0 spiro atoms. The number of benzene rings is 1. The second kappa shape index (κ2) is 10.3. The highest BCUT2D eigenvalue weighted by Gasteiger charge is 2.64. The summed E-state index contributed by atoms with van der Waals surface area (Å²) in [6, 6.07) is 0.491. The first kappa shape index (κ1) is 30.3. The first-order chi connectivity index (χ1) is 18.9. The number of likely N-dealkylation sites (N-methyl/N-ethyl adjacent to an activating group) is 1. The van der Waals surface area contributed by atoms with Crippen LogP contribution in [-0.2, 0) is 30.8 Å². The highest BCUT2D eigenvalue weighted by molar-refractivity contribution is 7.88. The summed E-state index contributed by atoms with van der Waals surface area (Å²) in [7, 11) is 3.13. The maximum atomic E-state index is 14.0. The topological polar surface area (TPSA) is 185 Å². The molecular formula is C28H33N3O9S. The van der Waals surface area contributed by atoms with Crippen LogP contribution in [0.4, 0.5) is 5.69 Å². The van der Waals surface area contributed by atoms with Gasteiger partial charge in [0.05, 0.1) is 30.0 Å². The van der Waals surface area contributed by atoms with E-state index in [1.54, 1.807) is 39.2 Å². The molecule has 1 aromatic carbocycles. The number of rotatable bonds is 5. The first-order valence-corrected chi connectivity index (χ1v) is 14.7. The number of nitrogens with zero attached hydrogens (tertiary/aromatic N) is 2. The van der Waals surface area contributed by atoms with Crippen molar-refractivity contribution in [3.8, 4) is 17.6 Å². The van der Waals surface area contributed by atoms with E-state index in [4.69, 9.17) is 0 Å². The molecule has 0 radical (unpaired) electrons. The van der Waals surface area contributed by atoms with Crippen molar-refractivity contribution in [1.82, 2.24) is 9.62 Å². The molecule has 5 N–H and O–H groups in total. The van der Waals surface area contributed by atoms with E-state index in [1.807, 2.05) is 0 Å². The predicted octanol–water partition coefficient (Wildman–Crippen LogP) is 0.0344. The number of aliphatic hydroxyl groups is 3. The van der Waals surface area contributed by atoms with Crippen LogP contribution in [-0.4, -0.2) is 104 Å². The minimum Gasteiger partial charge on any atom is -0.508 e. The van der Waals surface area contributed by atoms with Gasteiger partial charge in [-0.25, -0.2) is 13.1 Å². The van der Waals surface area contributed by atoms with Gasteiger partial charge in [-0.15, -0.1) is 0 Å². The lowest BCUT2D eigenvalue weighted by atomic mass is 9.57. The van der Waals surface area contributed by atoms with Gasteiger partial charge in [0.25, 0.3) is 0 Å². The van der Waals surface area contributed by atoms with Crippen molar-refractivity contribution in [2.75, 3.05) is 45.9 Å². The van der Waals surface area contributed by atoms with Gasteiger partial charge in [0.1, 0.15) is 22.8 Å². The van der Waals surface area contributed by atoms with Crippen LogP contribution in [0.3, 0.4) is 0 Å². The molecule has 0 bridgehead atoms. The number of hydrogen-bond acceptors (Lipinski definition) is 11. The maximum absolute atomic E-state index is 14.0. The van der Waals surface area contributed by atoms with Gasteiger partial charge in [-0.3, -0.25) is 19.3 Å². The summed E-state index contributed by atoms with van der Waals surface area (Å²) in [6.07, 6.45) is 1.14. The molecule has 3 aliphatic rings. The summed E-state index contributed by atoms with van der Waals surface area (Å²) in [5.41, 5.74) is -2.50. The zero-order chi connectivity index (χ0) is 30.8. The van der Waals surface area contributed by atoms with Crippen LogP contribution in [0.25, 0.3) is 5.76 Å². The summed E-state index contributed by atoms with van der Waals surface area (Å²) in [6.45, 7) is 0.822. The number of nitrogens with one attached hydrogen (secondary N) is 1. The van der Waals surface area contributed by atoms with Gasteiger partial charge in [0, 0.05) is 31.3 Å². The summed E-state index contributed by atoms with van der Waals surface area (Å²) in [5, 5.41) is 45.5. The number of ketones is 3. The van der Waals surface area contributed by atoms with Crippen molar-refractivity contribution in [3.05, 3.63) is 39.7 Å². The third-order valence-corrected chi connectivity index (χ3v) is 8.60. The van der Waals surface area contributed by atoms with E-state index in [1.165, 1.54) is 4.90 Å². The average molecular weight is 588 g/mol. The van der Waals surface area contributed by atoms with E-state index < -0.39 is 73.7 Å². The first-order valence-electron chi connectivity index (χ1n) is 12.8. The van der Waals surface area contributed by atoms with Crippen LogP contribution in [0.5, 0.6) is 5.75 Å². The van der Waals surface area contributed by atoms with Crippen LogP contribution in [0.1, 0.15) is 30.0 Å². The third kappa shape index (κ3) is 4.80. The van der Waals surface area contributed by atoms with Gasteiger partial charge >= 0.3 is 0 Å². The summed E-state index contributed by atoms with van der Waals surface area (Å²) >= 11 is 0. The lowest BCUT2D eigenvalue weighted by Crippen LogP contribution is -2.65. The quantitative estimate of drug-likeness (QED) is 0.231. The summed E-state index contributed by atoms with van der Waals surface area (Å²) < 4.78 is 24.9. The van der Waals surface area contributed by atoms with Crippen molar-refractivity contribution in [3.63, 3.8) is 0 Å². The number of sulfonamides is 1. The molecule has 4 atom stereocenters. The van der Waals surface area contributed by atoms with Crippen molar-refractivity contribution in [2.24, 2.45) is 11.8 Å². The van der Waals surface area contributed by atoms with Gasteiger partial charge in [0.15, 0.2) is 17.2 Å². The number of aromatic hydroxyl groups is 1. The number of aliphatic hydroxyl groups excluding tert-OH is 2. The summed E-state index contributed by atoms with van der Waals surface area (Å²) in [4.78, 5) is 42.9. The Kier molecular flexibility index (Phi) is 7.60. The molecule has 1 aromatic rings. The summed E-state index contributed by atoms with van der Waals surface area (Å²) in [5.74, 6) is -1.17. The number of Topliss-reactive ketones (excluding diaryl/α,β-unsaturated/α-hetero) is 3. The standard InChI is InChI=1S/C28H33N3O9S/c1-13(32)19-25(35)22(31(4)5)17-11-15-10-16-18(30(2)3)12-14(8-7-9-29-41(6,39)40)23(33)21(16)24(34)20(15)27(37)28(17,38)26(19)36/h12,15,17,22,29,33-34,36,38H,9-11H2,1-6H3. The fourth-order valence-electron chi connectivity index (χ4n) is 6.19. The van der Waals surface area contributed by atoms with Crippen LogP contribution in [0.15, 0.2) is 23.0 Å². The molecule has 0 saturated heterocycles. The molecule has 3 aliphatic carbocycles. The second-order valence-electron chi connectivity index (χ2n) is 11.1. The van der Waals surface area contributed by atoms with Crippen molar-refractivity contribution >= 4 is 38.8 Å². The Morgan fingerprint density at radius 2 is 1.80 bits per heavy atom. The smallest absolute Gasteiger partial charge is 0.209 e. The van der Waals surface area contributed by atoms with Crippen LogP contribution >= 0.6 is 0 Å². The molecule has 4 rings (SSSR count). The second-order valence-corrected chi connectivity index (χ2v) is 12.9. The van der Waals surface area contributed by atoms with Gasteiger partial charge in [-0.1, -0.05) is 11.8 Å². The van der Waals surface area contributed by atoms with E-state index in [0.717, 1.165) is 13.2 Å². The minimum atomic E-state index is -3.50. The van der Waals surface area contributed by atoms with Gasteiger partial charge < -0.3 is 25.3 Å². The molecule has 41 heavy (non-hydrogen) atoms. The van der Waals surface area contributed by atoms with Crippen molar-refractivity contribution in [1.29, 1.82) is 0 Å². The zero-order valence-electron chi connectivity index (χ0n) is 23.6. The third-order valence-electron chi connectivity index (χ3n) is 7.93. The van der Waals surface area contributed by atoms with Crippen LogP contribution in [0.2, 0.25) is 0 Å². The van der Waals surface area contributed by atoms with E-state index in [-0.39, 0.29) is 36.1 Å². The SMILES string of the molecule is CC(=O)C1=C(O)C2(O)C(=O)C3=C(O)c4c(O)c(C#CCNS(C)(=O)=O)cc(N(C)C)c4CC3CC2C(N(C)C)C1=O.